The van der Waals surface area contributed by atoms with Gasteiger partial charge in [0.1, 0.15) is 11.5 Å². The Morgan fingerprint density at radius 1 is 1.15 bits per heavy atom. The zero-order valence-electron chi connectivity index (χ0n) is 15.1. The fraction of sp³-hybridized carbons (Fsp3) is 0.238. The second-order valence-electron chi connectivity index (χ2n) is 6.08. The average molecular weight is 382 g/mol. The number of aryl methyl sites for hydroxylation is 1. The number of benzene rings is 2. The molecule has 0 fully saturated rings. The van der Waals surface area contributed by atoms with E-state index in [1.807, 2.05) is 41.8 Å². The van der Waals surface area contributed by atoms with E-state index in [1.54, 1.807) is 30.6 Å². The number of hydrogen-bond donors (Lipinski definition) is 2. The highest BCUT2D eigenvalue weighted by molar-refractivity contribution is 7.09. The molecule has 0 atom stereocenters. The molecule has 5 nitrogen and oxygen atoms in total. The molecule has 0 unspecified atom stereocenters. The number of thiazole rings is 1. The third-order valence-corrected chi connectivity index (χ3v) is 5.12. The topological polar surface area (TPSA) is 71.5 Å². The fourth-order valence-electron chi connectivity index (χ4n) is 2.69. The molecule has 0 aliphatic heterocycles. The molecule has 0 saturated carbocycles. The van der Waals surface area contributed by atoms with Gasteiger partial charge in [-0.1, -0.05) is 18.2 Å². The maximum atomic E-state index is 12.0. The largest absolute Gasteiger partial charge is 0.508 e. The van der Waals surface area contributed by atoms with Crippen LogP contribution in [-0.4, -0.2) is 29.7 Å². The van der Waals surface area contributed by atoms with Crippen molar-refractivity contribution < 1.29 is 14.6 Å². The van der Waals surface area contributed by atoms with Crippen molar-refractivity contribution in [3.8, 4) is 22.8 Å². The maximum absolute atomic E-state index is 12.0. The first kappa shape index (κ1) is 18.9. The van der Waals surface area contributed by atoms with Crippen LogP contribution in [0.2, 0.25) is 0 Å². The van der Waals surface area contributed by atoms with Crippen LogP contribution in [0.1, 0.15) is 17.0 Å². The quantitative estimate of drug-likeness (QED) is 0.621. The predicted octanol–water partition coefficient (Wildman–Crippen LogP) is 3.82. The summed E-state index contributed by atoms with van der Waals surface area (Å²) in [5.74, 6) is 1.07. The number of nitrogens with zero attached hydrogens (tertiary/aromatic N) is 1. The van der Waals surface area contributed by atoms with Crippen molar-refractivity contribution in [1.82, 2.24) is 10.3 Å². The van der Waals surface area contributed by atoms with E-state index in [4.69, 9.17) is 4.74 Å². The van der Waals surface area contributed by atoms with E-state index in [2.05, 4.69) is 10.3 Å². The van der Waals surface area contributed by atoms with Gasteiger partial charge in [0, 0.05) is 30.3 Å². The van der Waals surface area contributed by atoms with Crippen molar-refractivity contribution in [2.45, 2.75) is 19.3 Å². The third-order valence-electron chi connectivity index (χ3n) is 4.21. The van der Waals surface area contributed by atoms with Gasteiger partial charge in [-0.25, -0.2) is 4.98 Å². The highest BCUT2D eigenvalue weighted by Crippen LogP contribution is 2.24. The van der Waals surface area contributed by atoms with Crippen LogP contribution in [-0.2, 0) is 17.6 Å². The van der Waals surface area contributed by atoms with Crippen LogP contribution in [0.25, 0.3) is 11.3 Å². The molecule has 27 heavy (non-hydrogen) atoms. The molecule has 0 bridgehead atoms. The minimum atomic E-state index is -0.00776. The van der Waals surface area contributed by atoms with E-state index in [9.17, 15) is 9.90 Å². The summed E-state index contributed by atoms with van der Waals surface area (Å²) >= 11 is 1.56. The number of carbonyl (C=O) groups excluding carboxylic acids is 1. The molecule has 0 radical (unpaired) electrons. The summed E-state index contributed by atoms with van der Waals surface area (Å²) in [6.07, 6.45) is 1.62. The Balaban J connectivity index is 1.45. The molecule has 3 aromatic rings. The molecule has 1 heterocycles. The second-order valence-corrected chi connectivity index (χ2v) is 7.03. The summed E-state index contributed by atoms with van der Waals surface area (Å²) in [4.78, 5) is 16.6. The summed E-state index contributed by atoms with van der Waals surface area (Å²) in [5, 5.41) is 15.6. The van der Waals surface area contributed by atoms with Crippen molar-refractivity contribution in [3.63, 3.8) is 0 Å². The van der Waals surface area contributed by atoms with Gasteiger partial charge in [-0.2, -0.15) is 0 Å². The number of aromatic hydroxyl groups is 1. The number of nitrogens with one attached hydrogen (secondary N) is 1. The van der Waals surface area contributed by atoms with Crippen molar-refractivity contribution in [3.05, 3.63) is 64.5 Å². The first-order chi connectivity index (χ1) is 13.2. The Hall–Kier alpha value is -2.86. The van der Waals surface area contributed by atoms with E-state index in [0.29, 0.717) is 25.8 Å². The Morgan fingerprint density at radius 3 is 2.67 bits per heavy atom. The lowest BCUT2D eigenvalue weighted by molar-refractivity contribution is -0.121. The summed E-state index contributed by atoms with van der Waals surface area (Å²) in [6.45, 7) is 0.505. The molecule has 0 saturated heterocycles. The molecule has 3 rings (SSSR count). The molecule has 1 amide bonds. The number of rotatable bonds is 8. The van der Waals surface area contributed by atoms with E-state index in [1.165, 1.54) is 0 Å². The molecular weight excluding hydrogens is 360 g/mol. The number of phenols is 1. The normalized spacial score (nSPS) is 10.6. The lowest BCUT2D eigenvalue weighted by Crippen LogP contribution is -2.25. The molecule has 0 aliphatic rings. The molecule has 140 valence electrons. The zero-order valence-corrected chi connectivity index (χ0v) is 16.0. The average Bonchev–Trinajstić information content (AvgIpc) is 3.17. The van der Waals surface area contributed by atoms with Crippen LogP contribution in [0.3, 0.4) is 0 Å². The number of ether oxygens (including phenoxy) is 1. The van der Waals surface area contributed by atoms with Crippen LogP contribution in [0.15, 0.2) is 53.9 Å². The maximum Gasteiger partial charge on any atom is 0.220 e. The second kappa shape index (κ2) is 9.19. The van der Waals surface area contributed by atoms with Gasteiger partial charge >= 0.3 is 0 Å². The van der Waals surface area contributed by atoms with Gasteiger partial charge in [0.05, 0.1) is 17.8 Å². The van der Waals surface area contributed by atoms with E-state index in [0.717, 1.165) is 27.6 Å². The Morgan fingerprint density at radius 2 is 1.93 bits per heavy atom. The summed E-state index contributed by atoms with van der Waals surface area (Å²) in [7, 11) is 1.64. The number of aromatic nitrogens is 1. The Labute approximate surface area is 162 Å². The summed E-state index contributed by atoms with van der Waals surface area (Å²) in [5.41, 5.74) is 2.78. The summed E-state index contributed by atoms with van der Waals surface area (Å²) in [6, 6.07) is 14.9. The number of amides is 1. The van der Waals surface area contributed by atoms with E-state index in [-0.39, 0.29) is 11.7 Å². The molecule has 0 aliphatic carbocycles. The Kier molecular flexibility index (Phi) is 6.44. The molecule has 1 aromatic heterocycles. The van der Waals surface area contributed by atoms with Gasteiger partial charge in [-0.3, -0.25) is 4.79 Å². The molecule has 2 N–H and O–H groups in total. The van der Waals surface area contributed by atoms with Crippen LogP contribution < -0.4 is 10.1 Å². The van der Waals surface area contributed by atoms with Crippen molar-refractivity contribution >= 4 is 17.2 Å². The number of hydrogen-bond acceptors (Lipinski definition) is 5. The van der Waals surface area contributed by atoms with Crippen LogP contribution in [0, 0.1) is 0 Å². The van der Waals surface area contributed by atoms with Crippen LogP contribution >= 0.6 is 11.3 Å². The molecule has 2 aromatic carbocycles. The number of phenolic OH excluding ortho intramolecular Hbond substituents is 1. The standard InChI is InChI=1S/C21H22N2O3S/c1-26-17-8-6-15(7-9-17)18-14-27-21(23-18)11-10-20(25)22-13-12-16-4-2-3-5-19(16)24/h2-9,14,24H,10-13H2,1H3,(H,22,25). The zero-order chi connectivity index (χ0) is 19.1. The van der Waals surface area contributed by atoms with Gasteiger partial charge in [0.25, 0.3) is 0 Å². The van der Waals surface area contributed by atoms with E-state index >= 15 is 0 Å². The SMILES string of the molecule is COc1ccc(-c2csc(CCC(=O)NCCc3ccccc3O)n2)cc1. The lowest BCUT2D eigenvalue weighted by atomic mass is 10.1. The lowest BCUT2D eigenvalue weighted by Gasteiger charge is -2.06. The van der Waals surface area contributed by atoms with Gasteiger partial charge < -0.3 is 15.2 Å². The highest BCUT2D eigenvalue weighted by Gasteiger charge is 2.08. The molecule has 0 spiro atoms. The van der Waals surface area contributed by atoms with Crippen molar-refractivity contribution in [2.24, 2.45) is 0 Å². The Bertz CT molecular complexity index is 890. The highest BCUT2D eigenvalue weighted by atomic mass is 32.1. The van der Waals surface area contributed by atoms with E-state index < -0.39 is 0 Å². The summed E-state index contributed by atoms with van der Waals surface area (Å²) < 4.78 is 5.17. The third kappa shape index (κ3) is 5.31. The van der Waals surface area contributed by atoms with Gasteiger partial charge in [0.2, 0.25) is 5.91 Å². The molecular formula is C21H22N2O3S. The fourth-order valence-corrected chi connectivity index (χ4v) is 3.50. The minimum Gasteiger partial charge on any atom is -0.508 e. The first-order valence-corrected chi connectivity index (χ1v) is 9.66. The predicted molar refractivity (Wildman–Crippen MR) is 107 cm³/mol. The first-order valence-electron chi connectivity index (χ1n) is 8.78. The van der Waals surface area contributed by atoms with Crippen molar-refractivity contribution in [1.29, 1.82) is 0 Å². The number of carbonyl (C=O) groups is 1. The smallest absolute Gasteiger partial charge is 0.220 e. The minimum absolute atomic E-state index is 0.00776. The number of para-hydroxylation sites is 1. The van der Waals surface area contributed by atoms with Gasteiger partial charge in [0.15, 0.2) is 0 Å². The van der Waals surface area contributed by atoms with Crippen molar-refractivity contribution in [2.75, 3.05) is 13.7 Å². The molecule has 6 heteroatoms. The van der Waals surface area contributed by atoms with Crippen LogP contribution in [0.4, 0.5) is 0 Å². The number of methoxy groups -OCH3 is 1. The van der Waals surface area contributed by atoms with Gasteiger partial charge in [-0.05, 0) is 42.3 Å². The monoisotopic (exact) mass is 382 g/mol. The van der Waals surface area contributed by atoms with Crippen LogP contribution in [0.5, 0.6) is 11.5 Å². The van der Waals surface area contributed by atoms with Gasteiger partial charge in [-0.15, -0.1) is 11.3 Å².